The standard InChI is InChI=1S/C16H22O/c17-16-11-14-9-5-4-8-13(14)10-15(16)12-6-2-1-3-7-12/h1-3,6-7,13-17H,4-5,8-11H2/t13-,14-,15+,16+/m1/s1. The third kappa shape index (κ3) is 2.26. The molecule has 0 aromatic heterocycles. The molecule has 0 radical (unpaired) electrons. The minimum absolute atomic E-state index is 0.114. The highest BCUT2D eigenvalue weighted by atomic mass is 16.3. The molecule has 1 nitrogen and oxygen atoms in total. The van der Waals surface area contributed by atoms with Crippen LogP contribution in [-0.2, 0) is 0 Å². The second-order valence-corrected chi connectivity index (χ2v) is 5.86. The average Bonchev–Trinajstić information content (AvgIpc) is 2.39. The third-order valence-electron chi connectivity index (χ3n) is 4.86. The number of fused-ring (bicyclic) bond motifs is 1. The fourth-order valence-corrected chi connectivity index (χ4v) is 3.92. The lowest BCUT2D eigenvalue weighted by atomic mass is 9.65. The summed E-state index contributed by atoms with van der Waals surface area (Å²) in [5, 5.41) is 10.4. The fourth-order valence-electron chi connectivity index (χ4n) is 3.92. The zero-order valence-corrected chi connectivity index (χ0v) is 10.4. The summed E-state index contributed by atoms with van der Waals surface area (Å²) in [5.41, 5.74) is 1.34. The van der Waals surface area contributed by atoms with Gasteiger partial charge in [0.25, 0.3) is 0 Å². The highest BCUT2D eigenvalue weighted by Gasteiger charge is 2.37. The van der Waals surface area contributed by atoms with Crippen molar-refractivity contribution in [1.29, 1.82) is 0 Å². The van der Waals surface area contributed by atoms with Gasteiger partial charge >= 0.3 is 0 Å². The normalized spacial score (nSPS) is 37.5. The van der Waals surface area contributed by atoms with Gasteiger partial charge in [-0.25, -0.2) is 0 Å². The van der Waals surface area contributed by atoms with Gasteiger partial charge in [0.15, 0.2) is 0 Å². The molecule has 0 amide bonds. The maximum absolute atomic E-state index is 10.4. The molecule has 1 heteroatoms. The Morgan fingerprint density at radius 1 is 0.882 bits per heavy atom. The molecule has 1 N–H and O–H groups in total. The Hall–Kier alpha value is -0.820. The molecule has 3 rings (SSSR count). The SMILES string of the molecule is O[C@H]1C[C@H]2CCCC[C@@H]2C[C@H]1c1ccccc1. The van der Waals surface area contributed by atoms with Crippen LogP contribution in [-0.4, -0.2) is 11.2 Å². The van der Waals surface area contributed by atoms with Crippen LogP contribution in [0.5, 0.6) is 0 Å². The summed E-state index contributed by atoms with van der Waals surface area (Å²) < 4.78 is 0. The zero-order chi connectivity index (χ0) is 11.7. The van der Waals surface area contributed by atoms with Crippen LogP contribution < -0.4 is 0 Å². The lowest BCUT2D eigenvalue weighted by molar-refractivity contribution is 0.0294. The zero-order valence-electron chi connectivity index (χ0n) is 10.4. The minimum Gasteiger partial charge on any atom is -0.392 e. The van der Waals surface area contributed by atoms with Crippen LogP contribution >= 0.6 is 0 Å². The van der Waals surface area contributed by atoms with E-state index < -0.39 is 0 Å². The number of hydrogen-bond acceptors (Lipinski definition) is 1. The van der Waals surface area contributed by atoms with Crippen molar-refractivity contribution in [3.8, 4) is 0 Å². The van der Waals surface area contributed by atoms with E-state index in [0.717, 1.165) is 18.3 Å². The Bertz CT molecular complexity index is 359. The van der Waals surface area contributed by atoms with Crippen molar-refractivity contribution in [1.82, 2.24) is 0 Å². The highest BCUT2D eigenvalue weighted by molar-refractivity contribution is 5.21. The molecule has 0 unspecified atom stereocenters. The maximum Gasteiger partial charge on any atom is 0.0611 e. The molecule has 4 atom stereocenters. The molecule has 0 saturated heterocycles. The summed E-state index contributed by atoms with van der Waals surface area (Å²) in [5.74, 6) is 2.06. The van der Waals surface area contributed by atoms with Crippen molar-refractivity contribution in [2.45, 2.75) is 50.5 Å². The lowest BCUT2D eigenvalue weighted by Crippen LogP contribution is -2.35. The summed E-state index contributed by atoms with van der Waals surface area (Å²) >= 11 is 0. The van der Waals surface area contributed by atoms with E-state index in [1.54, 1.807) is 0 Å². The smallest absolute Gasteiger partial charge is 0.0611 e. The van der Waals surface area contributed by atoms with Crippen molar-refractivity contribution in [2.75, 3.05) is 0 Å². The first-order valence-corrected chi connectivity index (χ1v) is 7.07. The molecule has 0 spiro atoms. The van der Waals surface area contributed by atoms with Gasteiger partial charge in [-0.15, -0.1) is 0 Å². The van der Waals surface area contributed by atoms with Crippen molar-refractivity contribution in [3.05, 3.63) is 35.9 Å². The molecule has 2 aliphatic rings. The predicted octanol–water partition coefficient (Wildman–Crippen LogP) is 3.73. The molecule has 2 aliphatic carbocycles. The molecule has 92 valence electrons. The minimum atomic E-state index is -0.114. The first-order chi connectivity index (χ1) is 8.34. The van der Waals surface area contributed by atoms with E-state index >= 15 is 0 Å². The molecule has 17 heavy (non-hydrogen) atoms. The predicted molar refractivity (Wildman–Crippen MR) is 69.9 cm³/mol. The molecule has 0 bridgehead atoms. The van der Waals surface area contributed by atoms with Gasteiger partial charge in [-0.3, -0.25) is 0 Å². The average molecular weight is 230 g/mol. The first-order valence-electron chi connectivity index (χ1n) is 7.07. The van der Waals surface area contributed by atoms with Gasteiger partial charge in [0.2, 0.25) is 0 Å². The largest absolute Gasteiger partial charge is 0.392 e. The molecule has 2 saturated carbocycles. The number of rotatable bonds is 1. The number of aliphatic hydroxyl groups excluding tert-OH is 1. The van der Waals surface area contributed by atoms with Gasteiger partial charge < -0.3 is 5.11 Å². The van der Waals surface area contributed by atoms with Crippen LogP contribution in [0.2, 0.25) is 0 Å². The van der Waals surface area contributed by atoms with Crippen LogP contribution in [0.3, 0.4) is 0 Å². The van der Waals surface area contributed by atoms with E-state index in [0.29, 0.717) is 5.92 Å². The van der Waals surface area contributed by atoms with Crippen LogP contribution in [0.15, 0.2) is 30.3 Å². The summed E-state index contributed by atoms with van der Waals surface area (Å²) in [6.07, 6.45) is 7.64. The Morgan fingerprint density at radius 3 is 2.24 bits per heavy atom. The molecular formula is C16H22O. The van der Waals surface area contributed by atoms with Crippen LogP contribution in [0.1, 0.15) is 50.0 Å². The Balaban J connectivity index is 1.78. The van der Waals surface area contributed by atoms with Gasteiger partial charge in [-0.2, -0.15) is 0 Å². The van der Waals surface area contributed by atoms with Crippen LogP contribution in [0, 0.1) is 11.8 Å². The van der Waals surface area contributed by atoms with Gasteiger partial charge in [-0.1, -0.05) is 56.0 Å². The van der Waals surface area contributed by atoms with E-state index in [2.05, 4.69) is 30.3 Å². The van der Waals surface area contributed by atoms with E-state index in [-0.39, 0.29) is 6.10 Å². The van der Waals surface area contributed by atoms with E-state index in [1.165, 1.54) is 37.7 Å². The van der Waals surface area contributed by atoms with E-state index in [4.69, 9.17) is 0 Å². The molecule has 1 aromatic carbocycles. The van der Waals surface area contributed by atoms with Crippen molar-refractivity contribution >= 4 is 0 Å². The quantitative estimate of drug-likeness (QED) is 0.779. The van der Waals surface area contributed by atoms with Gasteiger partial charge in [0.05, 0.1) is 6.10 Å². The van der Waals surface area contributed by atoms with Gasteiger partial charge in [-0.05, 0) is 30.2 Å². The highest BCUT2D eigenvalue weighted by Crippen LogP contribution is 2.46. The monoisotopic (exact) mass is 230 g/mol. The fraction of sp³-hybridized carbons (Fsp3) is 0.625. The maximum atomic E-state index is 10.4. The Kier molecular flexibility index (Phi) is 3.19. The lowest BCUT2D eigenvalue weighted by Gasteiger charge is -2.42. The second-order valence-electron chi connectivity index (χ2n) is 5.86. The van der Waals surface area contributed by atoms with Crippen LogP contribution in [0.25, 0.3) is 0 Å². The van der Waals surface area contributed by atoms with Gasteiger partial charge in [0.1, 0.15) is 0 Å². The van der Waals surface area contributed by atoms with E-state index in [1.807, 2.05) is 0 Å². The molecule has 1 aromatic rings. The van der Waals surface area contributed by atoms with Crippen molar-refractivity contribution in [2.24, 2.45) is 11.8 Å². The molecular weight excluding hydrogens is 208 g/mol. The molecule has 0 aliphatic heterocycles. The Labute approximate surface area is 104 Å². The summed E-state index contributed by atoms with van der Waals surface area (Å²) in [4.78, 5) is 0. The number of hydrogen-bond donors (Lipinski definition) is 1. The Morgan fingerprint density at radius 2 is 1.53 bits per heavy atom. The van der Waals surface area contributed by atoms with Crippen LogP contribution in [0.4, 0.5) is 0 Å². The van der Waals surface area contributed by atoms with Crippen molar-refractivity contribution in [3.63, 3.8) is 0 Å². The number of aliphatic hydroxyl groups is 1. The second kappa shape index (κ2) is 4.81. The topological polar surface area (TPSA) is 20.2 Å². The summed E-state index contributed by atoms with van der Waals surface area (Å²) in [7, 11) is 0. The third-order valence-corrected chi connectivity index (χ3v) is 4.86. The summed E-state index contributed by atoms with van der Waals surface area (Å²) in [6, 6.07) is 10.6. The molecule has 0 heterocycles. The van der Waals surface area contributed by atoms with Gasteiger partial charge in [0, 0.05) is 5.92 Å². The number of benzene rings is 1. The molecule has 2 fully saturated rings. The van der Waals surface area contributed by atoms with E-state index in [9.17, 15) is 5.11 Å². The first kappa shape index (κ1) is 11.3. The van der Waals surface area contributed by atoms with Crippen molar-refractivity contribution < 1.29 is 5.11 Å². The summed E-state index contributed by atoms with van der Waals surface area (Å²) in [6.45, 7) is 0.